The van der Waals surface area contributed by atoms with Crippen molar-refractivity contribution in [1.82, 2.24) is 20.2 Å². The summed E-state index contributed by atoms with van der Waals surface area (Å²) < 4.78 is 1.49. The second kappa shape index (κ2) is 4.92. The number of anilines is 1. The molecule has 0 aliphatic rings. The van der Waals surface area contributed by atoms with Crippen LogP contribution < -0.4 is 5.32 Å². The summed E-state index contributed by atoms with van der Waals surface area (Å²) in [5.74, 6) is 0.0227. The second-order valence-electron chi connectivity index (χ2n) is 3.28. The van der Waals surface area contributed by atoms with Gasteiger partial charge in [0.2, 0.25) is 5.95 Å². The van der Waals surface area contributed by atoms with E-state index in [1.54, 1.807) is 24.3 Å². The monoisotopic (exact) mass is 251 g/mol. The Bertz CT molecular complexity index is 539. The van der Waals surface area contributed by atoms with E-state index in [0.29, 0.717) is 23.1 Å². The van der Waals surface area contributed by atoms with Crippen LogP contribution in [0, 0.1) is 0 Å². The molecule has 0 saturated heterocycles. The number of nitrogens with one attached hydrogen (secondary N) is 1. The van der Waals surface area contributed by atoms with Gasteiger partial charge in [-0.3, -0.25) is 10.1 Å². The number of carbonyl (C=O) groups excluding carboxylic acids is 1. The molecule has 1 N–H and O–H groups in total. The molecule has 0 unspecified atom stereocenters. The predicted molar refractivity (Wildman–Crippen MR) is 62.9 cm³/mol. The highest BCUT2D eigenvalue weighted by Crippen LogP contribution is 2.12. The summed E-state index contributed by atoms with van der Waals surface area (Å²) in [6.45, 7) is 2.46. The fourth-order valence-corrected chi connectivity index (χ4v) is 1.50. The molecule has 0 fully saturated rings. The topological polar surface area (TPSA) is 72.7 Å². The van der Waals surface area contributed by atoms with E-state index in [0.717, 1.165) is 0 Å². The third-order valence-electron chi connectivity index (χ3n) is 2.14. The molecule has 0 spiro atoms. The maximum absolute atomic E-state index is 11.9. The van der Waals surface area contributed by atoms with E-state index in [4.69, 9.17) is 11.6 Å². The van der Waals surface area contributed by atoms with Crippen LogP contribution in [0.25, 0.3) is 0 Å². The lowest BCUT2D eigenvalue weighted by Gasteiger charge is -2.04. The molecular formula is C10H10ClN5O. The number of aryl methyl sites for hydroxylation is 1. The molecule has 88 valence electrons. The third kappa shape index (κ3) is 2.59. The minimum absolute atomic E-state index is 0.294. The number of nitrogens with zero attached hydrogens (tertiary/aromatic N) is 4. The third-order valence-corrected chi connectivity index (χ3v) is 2.38. The first-order valence-electron chi connectivity index (χ1n) is 5.04. The smallest absolute Gasteiger partial charge is 0.258 e. The van der Waals surface area contributed by atoms with Crippen molar-refractivity contribution in [3.05, 3.63) is 34.9 Å². The highest BCUT2D eigenvalue weighted by Gasteiger charge is 2.10. The number of halogens is 1. The van der Waals surface area contributed by atoms with Crippen LogP contribution in [0.3, 0.4) is 0 Å². The average Bonchev–Trinajstić information content (AvgIpc) is 2.76. The van der Waals surface area contributed by atoms with E-state index >= 15 is 0 Å². The zero-order valence-corrected chi connectivity index (χ0v) is 9.85. The first kappa shape index (κ1) is 11.5. The number of rotatable bonds is 3. The van der Waals surface area contributed by atoms with Gasteiger partial charge in [0.1, 0.15) is 0 Å². The Morgan fingerprint density at radius 1 is 1.53 bits per heavy atom. The van der Waals surface area contributed by atoms with Crippen molar-refractivity contribution in [2.45, 2.75) is 13.5 Å². The molecule has 0 radical (unpaired) electrons. The van der Waals surface area contributed by atoms with Crippen LogP contribution in [-0.2, 0) is 6.54 Å². The molecule has 6 nitrogen and oxygen atoms in total. The lowest BCUT2D eigenvalue weighted by molar-refractivity contribution is 0.102. The van der Waals surface area contributed by atoms with Crippen molar-refractivity contribution in [1.29, 1.82) is 0 Å². The van der Waals surface area contributed by atoms with E-state index in [2.05, 4.69) is 20.8 Å². The van der Waals surface area contributed by atoms with E-state index in [1.165, 1.54) is 4.68 Å². The summed E-state index contributed by atoms with van der Waals surface area (Å²) in [4.78, 5) is 11.9. The summed E-state index contributed by atoms with van der Waals surface area (Å²) >= 11 is 5.80. The van der Waals surface area contributed by atoms with E-state index in [1.807, 2.05) is 6.92 Å². The second-order valence-corrected chi connectivity index (χ2v) is 3.72. The van der Waals surface area contributed by atoms with Gasteiger partial charge in [-0.15, -0.1) is 0 Å². The Labute approximate surface area is 103 Å². The van der Waals surface area contributed by atoms with Gasteiger partial charge in [-0.05, 0) is 35.5 Å². The normalized spacial score (nSPS) is 10.2. The number of amides is 1. The van der Waals surface area contributed by atoms with E-state index in [9.17, 15) is 4.79 Å². The number of benzene rings is 1. The molecule has 1 aromatic carbocycles. The van der Waals surface area contributed by atoms with Gasteiger partial charge in [-0.2, -0.15) is 0 Å². The lowest BCUT2D eigenvalue weighted by atomic mass is 10.2. The highest BCUT2D eigenvalue weighted by atomic mass is 35.5. The number of carbonyl (C=O) groups is 1. The zero-order chi connectivity index (χ0) is 12.3. The Balaban J connectivity index is 2.17. The molecule has 0 aliphatic heterocycles. The summed E-state index contributed by atoms with van der Waals surface area (Å²) in [6, 6.07) is 6.66. The summed E-state index contributed by atoms with van der Waals surface area (Å²) in [5, 5.41) is 14.0. The van der Waals surface area contributed by atoms with Crippen LogP contribution in [0.2, 0.25) is 5.02 Å². The predicted octanol–water partition coefficient (Wildman–Crippen LogP) is 1.60. The average molecular weight is 252 g/mol. The Morgan fingerprint density at radius 2 is 2.35 bits per heavy atom. The maximum Gasteiger partial charge on any atom is 0.258 e. The number of tetrazole rings is 1. The fourth-order valence-electron chi connectivity index (χ4n) is 1.31. The van der Waals surface area contributed by atoms with E-state index < -0.39 is 0 Å². The van der Waals surface area contributed by atoms with Crippen molar-refractivity contribution in [3.8, 4) is 0 Å². The van der Waals surface area contributed by atoms with Gasteiger partial charge in [-0.25, -0.2) is 4.68 Å². The molecule has 0 atom stereocenters. The SMILES string of the molecule is CCn1nnnc1NC(=O)c1cccc(Cl)c1. The molecule has 1 amide bonds. The summed E-state index contributed by atoms with van der Waals surface area (Å²) in [5.41, 5.74) is 0.461. The Kier molecular flexibility index (Phi) is 3.34. The van der Waals surface area contributed by atoms with Crippen molar-refractivity contribution in [3.63, 3.8) is 0 Å². The highest BCUT2D eigenvalue weighted by molar-refractivity contribution is 6.31. The van der Waals surface area contributed by atoms with Crippen LogP contribution in [0.1, 0.15) is 17.3 Å². The maximum atomic E-state index is 11.9. The molecule has 1 heterocycles. The van der Waals surface area contributed by atoms with Gasteiger partial charge >= 0.3 is 0 Å². The fraction of sp³-hybridized carbons (Fsp3) is 0.200. The minimum atomic E-state index is -0.294. The molecule has 0 aliphatic carbocycles. The quantitative estimate of drug-likeness (QED) is 0.899. The van der Waals surface area contributed by atoms with Crippen LogP contribution >= 0.6 is 11.6 Å². The Hall–Kier alpha value is -1.95. The van der Waals surface area contributed by atoms with Crippen LogP contribution in [-0.4, -0.2) is 26.1 Å². The van der Waals surface area contributed by atoms with Gasteiger partial charge in [0.15, 0.2) is 0 Å². The van der Waals surface area contributed by atoms with E-state index in [-0.39, 0.29) is 5.91 Å². The van der Waals surface area contributed by atoms with Gasteiger partial charge in [0.25, 0.3) is 5.91 Å². The zero-order valence-electron chi connectivity index (χ0n) is 9.09. The molecule has 0 saturated carbocycles. The summed E-state index contributed by atoms with van der Waals surface area (Å²) in [6.07, 6.45) is 0. The van der Waals surface area contributed by atoms with Gasteiger partial charge < -0.3 is 0 Å². The molecule has 17 heavy (non-hydrogen) atoms. The summed E-state index contributed by atoms with van der Waals surface area (Å²) in [7, 11) is 0. The van der Waals surface area contributed by atoms with Crippen LogP contribution in [0.5, 0.6) is 0 Å². The van der Waals surface area contributed by atoms with Gasteiger partial charge in [0.05, 0.1) is 0 Å². The van der Waals surface area contributed by atoms with Gasteiger partial charge in [-0.1, -0.05) is 22.8 Å². The van der Waals surface area contributed by atoms with Crippen molar-refractivity contribution >= 4 is 23.5 Å². The molecule has 2 rings (SSSR count). The van der Waals surface area contributed by atoms with Crippen molar-refractivity contribution in [2.24, 2.45) is 0 Å². The number of hydrogen-bond acceptors (Lipinski definition) is 4. The lowest BCUT2D eigenvalue weighted by Crippen LogP contribution is -2.16. The van der Waals surface area contributed by atoms with Crippen molar-refractivity contribution in [2.75, 3.05) is 5.32 Å². The standard InChI is InChI=1S/C10H10ClN5O/c1-2-16-10(13-14-15-16)12-9(17)7-4-3-5-8(11)6-7/h3-6H,2H2,1H3,(H,12,13,15,17). The Morgan fingerprint density at radius 3 is 3.06 bits per heavy atom. The first-order valence-corrected chi connectivity index (χ1v) is 5.41. The largest absolute Gasteiger partial charge is 0.289 e. The van der Waals surface area contributed by atoms with Crippen molar-refractivity contribution < 1.29 is 4.79 Å². The number of hydrogen-bond donors (Lipinski definition) is 1. The molecule has 1 aromatic heterocycles. The van der Waals surface area contributed by atoms with Gasteiger partial charge in [0, 0.05) is 17.1 Å². The molecule has 2 aromatic rings. The number of aromatic nitrogens is 4. The minimum Gasteiger partial charge on any atom is -0.289 e. The van der Waals surface area contributed by atoms with Crippen LogP contribution in [0.4, 0.5) is 5.95 Å². The molecule has 0 bridgehead atoms. The van der Waals surface area contributed by atoms with Crippen LogP contribution in [0.15, 0.2) is 24.3 Å². The first-order chi connectivity index (χ1) is 8.20. The molecular weight excluding hydrogens is 242 g/mol. The molecule has 7 heteroatoms.